The third kappa shape index (κ3) is 2.41. The fourth-order valence-electron chi connectivity index (χ4n) is 2.01. The molecule has 1 aromatic carbocycles. The van der Waals surface area contributed by atoms with Crippen LogP contribution in [0.25, 0.3) is 10.8 Å². The maximum absolute atomic E-state index is 10.5. The van der Waals surface area contributed by atoms with E-state index in [2.05, 4.69) is 20.9 Å². The maximum atomic E-state index is 10.5. The van der Waals surface area contributed by atoms with Crippen molar-refractivity contribution < 1.29 is 5.11 Å². The zero-order valence-corrected chi connectivity index (χ0v) is 12.8. The predicted octanol–water partition coefficient (Wildman–Crippen LogP) is 4.79. The number of rotatable bonds is 2. The van der Waals surface area contributed by atoms with Gasteiger partial charge in [0.15, 0.2) is 0 Å². The van der Waals surface area contributed by atoms with Crippen LogP contribution in [0.2, 0.25) is 4.34 Å². The number of thiophene rings is 1. The van der Waals surface area contributed by atoms with E-state index >= 15 is 0 Å². The molecule has 0 saturated heterocycles. The first kappa shape index (κ1) is 13.1. The zero-order chi connectivity index (χ0) is 13.4. The van der Waals surface area contributed by atoms with Crippen molar-refractivity contribution in [2.24, 2.45) is 0 Å². The molecule has 0 fully saturated rings. The molecule has 0 spiro atoms. The Morgan fingerprint density at radius 2 is 2.05 bits per heavy atom. The minimum atomic E-state index is -0.715. The quantitative estimate of drug-likeness (QED) is 0.717. The number of hydrogen-bond donors (Lipinski definition) is 1. The Bertz CT molecular complexity index is 718. The van der Waals surface area contributed by atoms with Crippen molar-refractivity contribution in [3.05, 3.63) is 62.0 Å². The molecule has 1 unspecified atom stereocenters. The Morgan fingerprint density at radius 1 is 1.26 bits per heavy atom. The Morgan fingerprint density at radius 3 is 2.79 bits per heavy atom. The van der Waals surface area contributed by atoms with Crippen LogP contribution in [0.3, 0.4) is 0 Å². The van der Waals surface area contributed by atoms with Gasteiger partial charge in [0.1, 0.15) is 10.4 Å². The Kier molecular flexibility index (Phi) is 3.58. The van der Waals surface area contributed by atoms with E-state index < -0.39 is 6.10 Å². The molecule has 0 saturated carbocycles. The van der Waals surface area contributed by atoms with Gasteiger partial charge in [-0.3, -0.25) is 4.98 Å². The third-order valence-electron chi connectivity index (χ3n) is 2.93. The summed E-state index contributed by atoms with van der Waals surface area (Å²) in [7, 11) is 0. The van der Waals surface area contributed by atoms with Crippen LogP contribution in [0.1, 0.15) is 16.5 Å². The first-order valence-corrected chi connectivity index (χ1v) is 7.61. The second-order valence-corrected chi connectivity index (χ2v) is 6.66. The van der Waals surface area contributed by atoms with Gasteiger partial charge in [0.25, 0.3) is 0 Å². The molecule has 19 heavy (non-hydrogen) atoms. The molecule has 2 nitrogen and oxygen atoms in total. The summed E-state index contributed by atoms with van der Waals surface area (Å²) >= 11 is 10.7. The number of aliphatic hydroxyl groups is 1. The second kappa shape index (κ2) is 5.21. The molecule has 2 aromatic heterocycles. The van der Waals surface area contributed by atoms with Crippen LogP contribution >= 0.6 is 38.9 Å². The van der Waals surface area contributed by atoms with E-state index in [1.165, 1.54) is 11.3 Å². The molecule has 0 radical (unpaired) electrons. The summed E-state index contributed by atoms with van der Waals surface area (Å²) in [6.45, 7) is 0. The number of hydrogen-bond acceptors (Lipinski definition) is 3. The first-order valence-electron chi connectivity index (χ1n) is 5.62. The van der Waals surface area contributed by atoms with Gasteiger partial charge in [-0.15, -0.1) is 11.3 Å². The van der Waals surface area contributed by atoms with Crippen LogP contribution < -0.4 is 0 Å². The van der Waals surface area contributed by atoms with Gasteiger partial charge >= 0.3 is 0 Å². The minimum Gasteiger partial charge on any atom is -0.383 e. The van der Waals surface area contributed by atoms with Gasteiger partial charge in [0.05, 0.1) is 0 Å². The van der Waals surface area contributed by atoms with Crippen LogP contribution in [-0.4, -0.2) is 10.1 Å². The van der Waals surface area contributed by atoms with Crippen LogP contribution in [0.15, 0.2) is 47.2 Å². The van der Waals surface area contributed by atoms with Crippen LogP contribution in [-0.2, 0) is 0 Å². The van der Waals surface area contributed by atoms with E-state index in [-0.39, 0.29) is 0 Å². The highest BCUT2D eigenvalue weighted by molar-refractivity contribution is 9.10. The van der Waals surface area contributed by atoms with Gasteiger partial charge in [-0.05, 0) is 27.4 Å². The predicted molar refractivity (Wildman–Crippen MR) is 82.8 cm³/mol. The Hall–Kier alpha value is -0.940. The van der Waals surface area contributed by atoms with Gasteiger partial charge in [-0.1, -0.05) is 35.9 Å². The van der Waals surface area contributed by atoms with E-state index in [0.29, 0.717) is 4.34 Å². The van der Waals surface area contributed by atoms with Crippen molar-refractivity contribution in [2.45, 2.75) is 6.10 Å². The summed E-state index contributed by atoms with van der Waals surface area (Å²) in [5.41, 5.74) is 0.795. The van der Waals surface area contributed by atoms with Gasteiger partial charge < -0.3 is 5.11 Å². The normalized spacial score (nSPS) is 12.8. The van der Waals surface area contributed by atoms with E-state index in [4.69, 9.17) is 11.6 Å². The number of fused-ring (bicyclic) bond motifs is 1. The molecule has 0 amide bonds. The lowest BCUT2D eigenvalue weighted by Crippen LogP contribution is -1.99. The molecular formula is C14H9BrClNOS. The molecule has 0 aliphatic heterocycles. The molecule has 0 aliphatic carbocycles. The van der Waals surface area contributed by atoms with Gasteiger partial charge in [-0.25, -0.2) is 0 Å². The lowest BCUT2D eigenvalue weighted by Gasteiger charge is -2.11. The molecule has 3 aromatic rings. The van der Waals surface area contributed by atoms with E-state index in [0.717, 1.165) is 25.7 Å². The number of halogens is 2. The largest absolute Gasteiger partial charge is 0.383 e. The number of aliphatic hydroxyl groups excluding tert-OH is 1. The number of benzene rings is 1. The summed E-state index contributed by atoms with van der Waals surface area (Å²) in [6, 6.07) is 9.73. The molecule has 3 rings (SSSR count). The monoisotopic (exact) mass is 353 g/mol. The zero-order valence-electron chi connectivity index (χ0n) is 9.68. The molecule has 5 heteroatoms. The standard InChI is InChI=1S/C14H9BrClNOS/c15-11-5-12(19-14(11)16)13(18)10-7-17-6-8-3-1-2-4-9(8)10/h1-7,13,18H. The van der Waals surface area contributed by atoms with Gasteiger partial charge in [0.2, 0.25) is 0 Å². The van der Waals surface area contributed by atoms with Gasteiger partial charge in [-0.2, -0.15) is 0 Å². The Balaban J connectivity index is 2.13. The second-order valence-electron chi connectivity index (χ2n) is 4.12. The van der Waals surface area contributed by atoms with E-state index in [9.17, 15) is 5.11 Å². The molecule has 0 bridgehead atoms. The Labute approximate surface area is 127 Å². The molecule has 96 valence electrons. The molecule has 1 atom stereocenters. The SMILES string of the molecule is OC(c1cc(Br)c(Cl)s1)c1cncc2ccccc12. The van der Waals surface area contributed by atoms with Gasteiger partial charge in [0, 0.05) is 32.7 Å². The summed E-state index contributed by atoms with van der Waals surface area (Å²) in [4.78, 5) is 4.99. The fourth-order valence-corrected chi connectivity index (χ4v) is 3.75. The summed E-state index contributed by atoms with van der Waals surface area (Å²) in [5, 5.41) is 12.5. The highest BCUT2D eigenvalue weighted by Gasteiger charge is 2.17. The number of nitrogens with zero attached hydrogens (tertiary/aromatic N) is 1. The van der Waals surface area contributed by atoms with Crippen molar-refractivity contribution in [1.82, 2.24) is 4.98 Å². The summed E-state index contributed by atoms with van der Waals surface area (Å²) in [6.07, 6.45) is 2.78. The number of pyridine rings is 1. The lowest BCUT2D eigenvalue weighted by molar-refractivity contribution is 0.225. The summed E-state index contributed by atoms with van der Waals surface area (Å²) < 4.78 is 1.45. The van der Waals surface area contributed by atoms with Crippen LogP contribution in [0.4, 0.5) is 0 Å². The highest BCUT2D eigenvalue weighted by atomic mass is 79.9. The highest BCUT2D eigenvalue weighted by Crippen LogP contribution is 2.38. The first-order chi connectivity index (χ1) is 9.16. The summed E-state index contributed by atoms with van der Waals surface area (Å²) in [5.74, 6) is 0. The van der Waals surface area contributed by atoms with Crippen molar-refractivity contribution in [1.29, 1.82) is 0 Å². The minimum absolute atomic E-state index is 0.641. The van der Waals surface area contributed by atoms with Crippen LogP contribution in [0, 0.1) is 0 Å². The van der Waals surface area contributed by atoms with E-state index in [1.807, 2.05) is 30.3 Å². The van der Waals surface area contributed by atoms with E-state index in [1.54, 1.807) is 12.4 Å². The topological polar surface area (TPSA) is 33.1 Å². The smallest absolute Gasteiger partial charge is 0.115 e. The van der Waals surface area contributed by atoms with Crippen molar-refractivity contribution in [3.63, 3.8) is 0 Å². The average molecular weight is 355 g/mol. The maximum Gasteiger partial charge on any atom is 0.115 e. The van der Waals surface area contributed by atoms with Crippen LogP contribution in [0.5, 0.6) is 0 Å². The van der Waals surface area contributed by atoms with Crippen molar-refractivity contribution in [2.75, 3.05) is 0 Å². The lowest BCUT2D eigenvalue weighted by atomic mass is 10.0. The molecule has 2 heterocycles. The number of aromatic nitrogens is 1. The van der Waals surface area contributed by atoms with Crippen molar-refractivity contribution in [3.8, 4) is 0 Å². The average Bonchev–Trinajstić information content (AvgIpc) is 2.77. The molecular weight excluding hydrogens is 346 g/mol. The third-order valence-corrected chi connectivity index (χ3v) is 5.45. The molecule has 1 N–H and O–H groups in total. The fraction of sp³-hybridized carbons (Fsp3) is 0.0714. The van der Waals surface area contributed by atoms with Crippen molar-refractivity contribution >= 4 is 49.6 Å². The molecule has 0 aliphatic rings.